The minimum absolute atomic E-state index is 0.139. The molecular weight excluding hydrogens is 383 g/mol. The maximum atomic E-state index is 13.2. The highest BCUT2D eigenvalue weighted by molar-refractivity contribution is 6.32. The second-order valence-electron chi connectivity index (χ2n) is 6.03. The number of carbonyl (C=O) groups excluding carboxylic acids is 1. The van der Waals surface area contributed by atoms with E-state index in [0.717, 1.165) is 11.1 Å². The Hall–Kier alpha value is -3.12. The molecule has 0 amide bonds. The Morgan fingerprint density at radius 3 is 2.71 bits per heavy atom. The molecule has 7 heteroatoms. The third kappa shape index (κ3) is 4.78. The van der Waals surface area contributed by atoms with Crippen molar-refractivity contribution in [1.29, 1.82) is 0 Å². The molecule has 2 aromatic carbocycles. The Kier molecular flexibility index (Phi) is 6.11. The van der Waals surface area contributed by atoms with Crippen molar-refractivity contribution in [1.82, 2.24) is 9.78 Å². The second kappa shape index (κ2) is 8.71. The molecule has 0 atom stereocenters. The summed E-state index contributed by atoms with van der Waals surface area (Å²) in [6.07, 6.45) is 6.38. The van der Waals surface area contributed by atoms with Gasteiger partial charge in [-0.15, -0.1) is 0 Å². The Bertz CT molecular complexity index is 1030. The molecule has 0 aliphatic heterocycles. The zero-order chi connectivity index (χ0) is 20.1. The Morgan fingerprint density at radius 2 is 2.04 bits per heavy atom. The molecule has 0 spiro atoms. The number of hydrogen-bond donors (Lipinski definition) is 0. The van der Waals surface area contributed by atoms with Gasteiger partial charge in [0.15, 0.2) is 5.78 Å². The zero-order valence-electron chi connectivity index (χ0n) is 15.4. The van der Waals surface area contributed by atoms with Crippen molar-refractivity contribution in [3.05, 3.63) is 82.4 Å². The monoisotopic (exact) mass is 400 g/mol. The van der Waals surface area contributed by atoms with Crippen molar-refractivity contribution in [2.24, 2.45) is 7.05 Å². The molecule has 0 aliphatic carbocycles. The van der Waals surface area contributed by atoms with Gasteiger partial charge in [0.2, 0.25) is 0 Å². The molecule has 1 heterocycles. The average Bonchev–Trinajstić information content (AvgIpc) is 3.12. The summed E-state index contributed by atoms with van der Waals surface area (Å²) in [4.78, 5) is 12.2. The van der Waals surface area contributed by atoms with Crippen LogP contribution in [0, 0.1) is 5.82 Å². The quantitative estimate of drug-likeness (QED) is 0.426. The summed E-state index contributed by atoms with van der Waals surface area (Å²) in [7, 11) is 3.31. The van der Waals surface area contributed by atoms with E-state index in [2.05, 4.69) is 5.10 Å². The Balaban J connectivity index is 1.75. The van der Waals surface area contributed by atoms with Crippen molar-refractivity contribution < 1.29 is 18.7 Å². The number of ether oxygens (including phenoxy) is 2. The fourth-order valence-corrected chi connectivity index (χ4v) is 2.80. The van der Waals surface area contributed by atoms with Gasteiger partial charge in [-0.1, -0.05) is 23.7 Å². The molecule has 0 bridgehead atoms. The highest BCUT2D eigenvalue weighted by Crippen LogP contribution is 2.28. The van der Waals surface area contributed by atoms with E-state index < -0.39 is 5.82 Å². The smallest absolute Gasteiger partial charge is 0.189 e. The van der Waals surface area contributed by atoms with Crippen LogP contribution in [0.5, 0.6) is 11.5 Å². The van der Waals surface area contributed by atoms with Gasteiger partial charge in [0, 0.05) is 18.8 Å². The van der Waals surface area contributed by atoms with E-state index >= 15 is 0 Å². The molecule has 0 radical (unpaired) electrons. The Morgan fingerprint density at radius 1 is 1.25 bits per heavy atom. The first-order valence-corrected chi connectivity index (χ1v) is 8.80. The van der Waals surface area contributed by atoms with Gasteiger partial charge in [-0.3, -0.25) is 9.48 Å². The maximum absolute atomic E-state index is 13.2. The van der Waals surface area contributed by atoms with Gasteiger partial charge in [0.1, 0.15) is 23.9 Å². The maximum Gasteiger partial charge on any atom is 0.189 e. The van der Waals surface area contributed by atoms with Crippen LogP contribution in [0.25, 0.3) is 6.08 Å². The van der Waals surface area contributed by atoms with Gasteiger partial charge in [-0.25, -0.2) is 4.39 Å². The van der Waals surface area contributed by atoms with E-state index in [1.807, 2.05) is 12.1 Å². The zero-order valence-corrected chi connectivity index (χ0v) is 16.1. The fourth-order valence-electron chi connectivity index (χ4n) is 2.58. The number of allylic oxidation sites excluding steroid dienone is 1. The van der Waals surface area contributed by atoms with Gasteiger partial charge in [-0.05, 0) is 42.0 Å². The lowest BCUT2D eigenvalue weighted by molar-refractivity contribution is 0.104. The number of hydrogen-bond acceptors (Lipinski definition) is 4. The van der Waals surface area contributed by atoms with Crippen molar-refractivity contribution in [3.63, 3.8) is 0 Å². The lowest BCUT2D eigenvalue weighted by Gasteiger charge is -2.12. The predicted molar refractivity (Wildman–Crippen MR) is 105 cm³/mol. The first-order valence-electron chi connectivity index (χ1n) is 8.42. The van der Waals surface area contributed by atoms with E-state index in [1.165, 1.54) is 30.5 Å². The van der Waals surface area contributed by atoms with Crippen molar-refractivity contribution in [2.45, 2.75) is 6.61 Å². The van der Waals surface area contributed by atoms with Gasteiger partial charge in [0.25, 0.3) is 0 Å². The standard InChI is InChI=1S/C21H18ClFN2O3/c1-25-12-16(11-24-25)19(26)6-3-14-4-7-20(27-2)15(9-14)13-28-21-8-5-17(23)10-18(21)22/h3-12H,13H2,1-2H3/b6-3+. The van der Waals surface area contributed by atoms with Crippen LogP contribution in [-0.4, -0.2) is 22.7 Å². The van der Waals surface area contributed by atoms with E-state index in [-0.39, 0.29) is 17.4 Å². The van der Waals surface area contributed by atoms with Crippen LogP contribution < -0.4 is 9.47 Å². The number of carbonyl (C=O) groups is 1. The van der Waals surface area contributed by atoms with Crippen LogP contribution in [0.4, 0.5) is 4.39 Å². The number of benzene rings is 2. The molecule has 3 aromatic rings. The molecule has 0 aliphatic rings. The van der Waals surface area contributed by atoms with Gasteiger partial charge >= 0.3 is 0 Å². The summed E-state index contributed by atoms with van der Waals surface area (Å²) < 4.78 is 25.8. The topological polar surface area (TPSA) is 53.3 Å². The summed E-state index contributed by atoms with van der Waals surface area (Å²) in [6.45, 7) is 0.173. The lowest BCUT2D eigenvalue weighted by atomic mass is 10.1. The average molecular weight is 401 g/mol. The summed E-state index contributed by atoms with van der Waals surface area (Å²) in [5.41, 5.74) is 2.09. The predicted octanol–water partition coefficient (Wildman–Crippen LogP) is 4.70. The number of nitrogens with zero attached hydrogens (tertiary/aromatic N) is 2. The molecule has 0 saturated heterocycles. The molecule has 144 valence electrons. The molecule has 28 heavy (non-hydrogen) atoms. The minimum atomic E-state index is -0.430. The fraction of sp³-hybridized carbons (Fsp3) is 0.143. The van der Waals surface area contributed by atoms with E-state index in [0.29, 0.717) is 17.1 Å². The molecule has 0 N–H and O–H groups in total. The normalized spacial score (nSPS) is 11.0. The highest BCUT2D eigenvalue weighted by atomic mass is 35.5. The van der Waals surface area contributed by atoms with E-state index in [9.17, 15) is 9.18 Å². The van der Waals surface area contributed by atoms with Crippen LogP contribution in [-0.2, 0) is 13.7 Å². The number of halogens is 2. The van der Waals surface area contributed by atoms with Crippen LogP contribution in [0.1, 0.15) is 21.5 Å². The SMILES string of the molecule is COc1ccc(/C=C/C(=O)c2cnn(C)c2)cc1COc1ccc(F)cc1Cl. The largest absolute Gasteiger partial charge is 0.496 e. The molecule has 5 nitrogen and oxygen atoms in total. The summed E-state index contributed by atoms with van der Waals surface area (Å²) in [5.74, 6) is 0.437. The third-order valence-corrected chi connectivity index (χ3v) is 4.29. The number of methoxy groups -OCH3 is 1. The van der Waals surface area contributed by atoms with Crippen LogP contribution in [0.2, 0.25) is 5.02 Å². The number of ketones is 1. The van der Waals surface area contributed by atoms with Crippen LogP contribution in [0.3, 0.4) is 0 Å². The van der Waals surface area contributed by atoms with E-state index in [4.69, 9.17) is 21.1 Å². The molecule has 3 rings (SSSR count). The number of aromatic nitrogens is 2. The molecular formula is C21H18ClFN2O3. The molecule has 0 saturated carbocycles. The summed E-state index contributed by atoms with van der Waals surface area (Å²) in [6, 6.07) is 9.42. The first kappa shape index (κ1) is 19.6. The van der Waals surface area contributed by atoms with E-state index in [1.54, 1.807) is 37.2 Å². The second-order valence-corrected chi connectivity index (χ2v) is 6.44. The van der Waals surface area contributed by atoms with Crippen molar-refractivity contribution in [2.75, 3.05) is 7.11 Å². The van der Waals surface area contributed by atoms with Crippen molar-refractivity contribution in [3.8, 4) is 11.5 Å². The lowest BCUT2D eigenvalue weighted by Crippen LogP contribution is -2.00. The summed E-state index contributed by atoms with van der Waals surface area (Å²) >= 11 is 5.99. The first-order chi connectivity index (χ1) is 13.5. The molecule has 1 aromatic heterocycles. The Labute approximate surface area is 167 Å². The van der Waals surface area contributed by atoms with Crippen molar-refractivity contribution >= 4 is 23.5 Å². The van der Waals surface area contributed by atoms with Gasteiger partial charge in [0.05, 0.1) is 23.9 Å². The van der Waals surface area contributed by atoms with Crippen LogP contribution >= 0.6 is 11.6 Å². The number of rotatable bonds is 7. The van der Waals surface area contributed by atoms with Gasteiger partial charge < -0.3 is 9.47 Å². The minimum Gasteiger partial charge on any atom is -0.496 e. The highest BCUT2D eigenvalue weighted by Gasteiger charge is 2.09. The number of aryl methyl sites for hydroxylation is 1. The summed E-state index contributed by atoms with van der Waals surface area (Å²) in [5, 5.41) is 4.18. The van der Waals surface area contributed by atoms with Crippen LogP contribution in [0.15, 0.2) is 54.9 Å². The third-order valence-electron chi connectivity index (χ3n) is 4.00. The van der Waals surface area contributed by atoms with Gasteiger partial charge in [-0.2, -0.15) is 5.10 Å². The molecule has 0 unspecified atom stereocenters. The molecule has 0 fully saturated rings.